The van der Waals surface area contributed by atoms with Crippen LogP contribution in [0.1, 0.15) is 50.1 Å². The molecule has 1 aromatic carbocycles. The normalized spacial score (nSPS) is 19.0. The van der Waals surface area contributed by atoms with Crippen molar-refractivity contribution in [2.45, 2.75) is 38.6 Å². The van der Waals surface area contributed by atoms with Crippen molar-refractivity contribution in [1.29, 1.82) is 0 Å². The molecular formula is C20H24N4O4. The van der Waals surface area contributed by atoms with Crippen molar-refractivity contribution in [3.63, 3.8) is 0 Å². The zero-order chi connectivity index (χ0) is 19.8. The lowest BCUT2D eigenvalue weighted by atomic mass is 10.1. The first-order valence-electron chi connectivity index (χ1n) is 9.51. The van der Waals surface area contributed by atoms with Crippen molar-refractivity contribution in [1.82, 2.24) is 10.1 Å². The summed E-state index contributed by atoms with van der Waals surface area (Å²) in [7, 11) is 1.70. The minimum atomic E-state index is -0.192. The van der Waals surface area contributed by atoms with Crippen molar-refractivity contribution < 1.29 is 18.8 Å². The Hall–Kier alpha value is -3.03. The third-order valence-corrected chi connectivity index (χ3v) is 5.27. The topological polar surface area (TPSA) is 87.9 Å². The molecule has 1 aromatic heterocycles. The highest BCUT2D eigenvalue weighted by Gasteiger charge is 2.33. The predicted octanol–water partition coefficient (Wildman–Crippen LogP) is 3.52. The number of carbonyl (C=O) groups excluding carboxylic acids is 2. The van der Waals surface area contributed by atoms with E-state index in [-0.39, 0.29) is 30.5 Å². The monoisotopic (exact) mass is 384 g/mol. The third-order valence-electron chi connectivity index (χ3n) is 5.27. The van der Waals surface area contributed by atoms with Crippen molar-refractivity contribution in [3.05, 3.63) is 35.7 Å². The van der Waals surface area contributed by atoms with Crippen LogP contribution in [0, 0.1) is 0 Å². The molecule has 0 bridgehead atoms. The maximum absolute atomic E-state index is 12.9. The summed E-state index contributed by atoms with van der Waals surface area (Å²) in [5.41, 5.74) is 2.05. The Balaban J connectivity index is 1.50. The van der Waals surface area contributed by atoms with E-state index in [0.717, 1.165) is 24.3 Å². The van der Waals surface area contributed by atoms with E-state index in [1.165, 1.54) is 4.90 Å². The Morgan fingerprint density at radius 1 is 1.32 bits per heavy atom. The number of rotatable bonds is 3. The minimum absolute atomic E-state index is 0.0285. The van der Waals surface area contributed by atoms with Gasteiger partial charge in [0.15, 0.2) is 6.61 Å². The molecule has 0 unspecified atom stereocenters. The van der Waals surface area contributed by atoms with E-state index in [9.17, 15) is 9.59 Å². The number of fused-ring (bicyclic) bond motifs is 1. The van der Waals surface area contributed by atoms with Gasteiger partial charge in [0.25, 0.3) is 5.91 Å². The van der Waals surface area contributed by atoms with E-state index in [1.54, 1.807) is 30.1 Å². The second kappa shape index (κ2) is 7.18. The molecule has 1 fully saturated rings. The summed E-state index contributed by atoms with van der Waals surface area (Å²) in [6.45, 7) is 4.78. The standard InChI is InChI=1S/C20H24N4O4/c1-12(2)18-10-14(22-28-18)15-5-4-8-24(15)20(26)21-13-6-7-17-16(9-13)23(3)19(25)11-27-17/h6-7,9-10,12,15H,4-5,8,11H2,1-3H3,(H,21,26)/t15-/m1/s1. The number of anilines is 2. The molecule has 4 rings (SSSR count). The van der Waals surface area contributed by atoms with Gasteiger partial charge in [0.05, 0.1) is 11.7 Å². The van der Waals surface area contributed by atoms with Crippen LogP contribution in [0.15, 0.2) is 28.8 Å². The van der Waals surface area contributed by atoms with Crippen molar-refractivity contribution in [3.8, 4) is 5.75 Å². The van der Waals surface area contributed by atoms with E-state index in [2.05, 4.69) is 10.5 Å². The largest absolute Gasteiger partial charge is 0.482 e. The second-order valence-electron chi connectivity index (χ2n) is 7.51. The Labute approximate surface area is 163 Å². The molecular weight excluding hydrogens is 360 g/mol. The van der Waals surface area contributed by atoms with E-state index >= 15 is 0 Å². The van der Waals surface area contributed by atoms with Gasteiger partial charge >= 0.3 is 6.03 Å². The summed E-state index contributed by atoms with van der Waals surface area (Å²) in [5, 5.41) is 7.11. The molecule has 0 aliphatic carbocycles. The van der Waals surface area contributed by atoms with E-state index < -0.39 is 0 Å². The first-order valence-corrected chi connectivity index (χ1v) is 9.51. The highest BCUT2D eigenvalue weighted by atomic mass is 16.5. The summed E-state index contributed by atoms with van der Waals surface area (Å²) >= 11 is 0. The molecule has 3 heterocycles. The molecule has 0 saturated carbocycles. The van der Waals surface area contributed by atoms with Crippen LogP contribution in [0.2, 0.25) is 0 Å². The summed E-state index contributed by atoms with van der Waals surface area (Å²) in [6, 6.07) is 6.95. The number of ether oxygens (including phenoxy) is 1. The quantitative estimate of drug-likeness (QED) is 0.875. The lowest BCUT2D eigenvalue weighted by molar-refractivity contribution is -0.120. The first kappa shape index (κ1) is 18.3. The van der Waals surface area contributed by atoms with Gasteiger partial charge in [-0.15, -0.1) is 0 Å². The molecule has 0 spiro atoms. The van der Waals surface area contributed by atoms with E-state index in [0.29, 0.717) is 23.7 Å². The van der Waals surface area contributed by atoms with Crippen LogP contribution in [0.5, 0.6) is 5.75 Å². The van der Waals surface area contributed by atoms with Crippen LogP contribution in [0.4, 0.5) is 16.2 Å². The van der Waals surface area contributed by atoms with Crippen LogP contribution in [-0.4, -0.2) is 42.2 Å². The van der Waals surface area contributed by atoms with Crippen molar-refractivity contribution >= 4 is 23.3 Å². The highest BCUT2D eigenvalue weighted by Crippen LogP contribution is 2.35. The fourth-order valence-corrected chi connectivity index (χ4v) is 3.60. The van der Waals surface area contributed by atoms with Crippen LogP contribution >= 0.6 is 0 Å². The number of urea groups is 1. The van der Waals surface area contributed by atoms with Gasteiger partial charge in [-0.25, -0.2) is 4.79 Å². The molecule has 2 aromatic rings. The fraction of sp³-hybridized carbons (Fsp3) is 0.450. The van der Waals surface area contributed by atoms with Crippen LogP contribution in [0.25, 0.3) is 0 Å². The summed E-state index contributed by atoms with van der Waals surface area (Å²) in [4.78, 5) is 28.1. The number of aromatic nitrogens is 1. The van der Waals surface area contributed by atoms with Crippen LogP contribution in [0.3, 0.4) is 0 Å². The number of likely N-dealkylation sites (N-methyl/N-ethyl adjacent to an activating group) is 1. The molecule has 3 amide bonds. The predicted molar refractivity (Wildman–Crippen MR) is 104 cm³/mol. The number of carbonyl (C=O) groups is 2. The fourth-order valence-electron chi connectivity index (χ4n) is 3.60. The number of benzene rings is 1. The zero-order valence-electron chi connectivity index (χ0n) is 16.3. The van der Waals surface area contributed by atoms with Gasteiger partial charge in [0.1, 0.15) is 17.2 Å². The van der Waals surface area contributed by atoms with Crippen LogP contribution in [-0.2, 0) is 4.79 Å². The highest BCUT2D eigenvalue weighted by molar-refractivity contribution is 5.99. The number of nitrogens with zero attached hydrogens (tertiary/aromatic N) is 3. The number of hydrogen-bond acceptors (Lipinski definition) is 5. The molecule has 148 valence electrons. The second-order valence-corrected chi connectivity index (χ2v) is 7.51. The van der Waals surface area contributed by atoms with Crippen LogP contribution < -0.4 is 15.0 Å². The molecule has 2 aliphatic heterocycles. The molecule has 2 aliphatic rings. The summed E-state index contributed by atoms with van der Waals surface area (Å²) in [6.07, 6.45) is 1.77. The Bertz CT molecular complexity index is 907. The number of hydrogen-bond donors (Lipinski definition) is 1. The van der Waals surface area contributed by atoms with Gasteiger partial charge in [-0.05, 0) is 31.0 Å². The average Bonchev–Trinajstić information content (AvgIpc) is 3.34. The maximum atomic E-state index is 12.9. The van der Waals surface area contributed by atoms with Crippen molar-refractivity contribution in [2.24, 2.45) is 0 Å². The molecule has 28 heavy (non-hydrogen) atoms. The molecule has 1 atom stereocenters. The zero-order valence-corrected chi connectivity index (χ0v) is 16.3. The van der Waals surface area contributed by atoms with E-state index in [1.807, 2.05) is 19.9 Å². The number of nitrogens with one attached hydrogen (secondary N) is 1. The third kappa shape index (κ3) is 3.30. The van der Waals surface area contributed by atoms with Gasteiger partial charge in [0.2, 0.25) is 0 Å². The lowest BCUT2D eigenvalue weighted by Crippen LogP contribution is -2.36. The Morgan fingerprint density at radius 3 is 2.89 bits per heavy atom. The molecule has 0 radical (unpaired) electrons. The first-order chi connectivity index (χ1) is 13.4. The molecule has 1 saturated heterocycles. The van der Waals surface area contributed by atoms with Crippen molar-refractivity contribution in [2.75, 3.05) is 30.4 Å². The summed E-state index contributed by atoms with van der Waals surface area (Å²) in [5.74, 6) is 1.58. The van der Waals surface area contributed by atoms with Gasteiger partial charge in [0, 0.05) is 31.3 Å². The van der Waals surface area contributed by atoms with Gasteiger partial charge in [-0.2, -0.15) is 0 Å². The van der Waals surface area contributed by atoms with Gasteiger partial charge in [-0.3, -0.25) is 4.79 Å². The molecule has 8 nitrogen and oxygen atoms in total. The smallest absolute Gasteiger partial charge is 0.322 e. The Morgan fingerprint density at radius 2 is 2.14 bits per heavy atom. The number of amides is 3. The summed E-state index contributed by atoms with van der Waals surface area (Å²) < 4.78 is 10.8. The lowest BCUT2D eigenvalue weighted by Gasteiger charge is -2.27. The SMILES string of the molecule is CC(C)c1cc([C@H]2CCCN2C(=O)Nc2ccc3c(c2)N(C)C(=O)CO3)no1. The number of likely N-dealkylation sites (tertiary alicyclic amines) is 1. The van der Waals surface area contributed by atoms with E-state index in [4.69, 9.17) is 9.26 Å². The minimum Gasteiger partial charge on any atom is -0.482 e. The molecule has 1 N–H and O–H groups in total. The maximum Gasteiger partial charge on any atom is 0.322 e. The Kier molecular flexibility index (Phi) is 4.70. The van der Waals surface area contributed by atoms with Gasteiger partial charge in [-0.1, -0.05) is 19.0 Å². The molecule has 8 heteroatoms. The average molecular weight is 384 g/mol. The van der Waals surface area contributed by atoms with Gasteiger partial charge < -0.3 is 24.4 Å².